The van der Waals surface area contributed by atoms with E-state index < -0.39 is 0 Å². The zero-order chi connectivity index (χ0) is 12.3. The van der Waals surface area contributed by atoms with E-state index in [0.29, 0.717) is 0 Å². The van der Waals surface area contributed by atoms with Crippen molar-refractivity contribution < 1.29 is 0 Å². The van der Waals surface area contributed by atoms with Crippen LogP contribution < -0.4 is 10.2 Å². The summed E-state index contributed by atoms with van der Waals surface area (Å²) in [5.41, 5.74) is 0. The highest BCUT2D eigenvalue weighted by molar-refractivity contribution is 8.01. The molecule has 7 heteroatoms. The molecule has 0 amide bonds. The molecule has 0 aliphatic carbocycles. The molecule has 0 aliphatic rings. The minimum atomic E-state index is 0.854. The van der Waals surface area contributed by atoms with Crippen LogP contribution in [0.15, 0.2) is 27.6 Å². The van der Waals surface area contributed by atoms with E-state index in [4.69, 9.17) is 0 Å². The number of nitrogens with zero attached hydrogens (tertiary/aromatic N) is 4. The van der Waals surface area contributed by atoms with Crippen LogP contribution in [0, 0.1) is 0 Å². The van der Waals surface area contributed by atoms with Crippen molar-refractivity contribution in [3.05, 3.63) is 18.3 Å². The second-order valence-electron chi connectivity index (χ2n) is 3.47. The minimum absolute atomic E-state index is 0.854. The van der Waals surface area contributed by atoms with Gasteiger partial charge in [0.25, 0.3) is 0 Å². The first kappa shape index (κ1) is 12.1. The van der Waals surface area contributed by atoms with Crippen LogP contribution in [0.4, 0.5) is 10.9 Å². The lowest BCUT2D eigenvalue weighted by atomic mass is 10.5. The molecule has 2 aromatic rings. The summed E-state index contributed by atoms with van der Waals surface area (Å²) in [6, 6.07) is 3.95. The predicted molar refractivity (Wildman–Crippen MR) is 72.1 cm³/mol. The van der Waals surface area contributed by atoms with Crippen molar-refractivity contribution in [2.75, 3.05) is 31.4 Å². The molecule has 0 atom stereocenters. The standard InChI is InChI=1S/C10H13N5S2/c1-11-8-6-7(4-5-12-8)16-10-14-13-9(17-10)15(2)3/h4-6H,1-3H3,(H,11,12). The van der Waals surface area contributed by atoms with Gasteiger partial charge >= 0.3 is 0 Å². The molecule has 17 heavy (non-hydrogen) atoms. The molecule has 90 valence electrons. The van der Waals surface area contributed by atoms with E-state index in [1.54, 1.807) is 29.3 Å². The lowest BCUT2D eigenvalue weighted by Crippen LogP contribution is -2.07. The Kier molecular flexibility index (Phi) is 3.80. The van der Waals surface area contributed by atoms with E-state index in [1.807, 2.05) is 38.2 Å². The summed E-state index contributed by atoms with van der Waals surface area (Å²) in [6.07, 6.45) is 1.78. The third kappa shape index (κ3) is 3.07. The number of rotatable bonds is 4. The van der Waals surface area contributed by atoms with Crippen LogP contribution >= 0.6 is 23.1 Å². The van der Waals surface area contributed by atoms with Crippen LogP contribution in [-0.4, -0.2) is 36.3 Å². The Balaban J connectivity index is 2.13. The fourth-order valence-electron chi connectivity index (χ4n) is 1.14. The fourth-order valence-corrected chi connectivity index (χ4v) is 2.90. The van der Waals surface area contributed by atoms with Crippen molar-refractivity contribution in [1.29, 1.82) is 0 Å². The predicted octanol–water partition coefficient (Wildman–Crippen LogP) is 2.19. The first-order valence-electron chi connectivity index (χ1n) is 5.01. The van der Waals surface area contributed by atoms with Gasteiger partial charge in [-0.1, -0.05) is 23.1 Å². The van der Waals surface area contributed by atoms with Gasteiger partial charge in [-0.25, -0.2) is 4.98 Å². The maximum atomic E-state index is 4.17. The quantitative estimate of drug-likeness (QED) is 0.916. The van der Waals surface area contributed by atoms with Crippen molar-refractivity contribution >= 4 is 34.0 Å². The van der Waals surface area contributed by atoms with Crippen LogP contribution in [0.3, 0.4) is 0 Å². The van der Waals surface area contributed by atoms with Crippen LogP contribution in [0.1, 0.15) is 0 Å². The summed E-state index contributed by atoms with van der Waals surface area (Å²) in [7, 11) is 5.77. The molecule has 2 heterocycles. The van der Waals surface area contributed by atoms with Crippen LogP contribution in [0.2, 0.25) is 0 Å². The molecule has 0 aromatic carbocycles. The smallest absolute Gasteiger partial charge is 0.208 e. The largest absolute Gasteiger partial charge is 0.373 e. The third-order valence-corrected chi connectivity index (χ3v) is 4.10. The maximum Gasteiger partial charge on any atom is 0.208 e. The number of hydrogen-bond acceptors (Lipinski definition) is 7. The molecule has 0 unspecified atom stereocenters. The molecular weight excluding hydrogens is 254 g/mol. The van der Waals surface area contributed by atoms with Crippen molar-refractivity contribution in [2.24, 2.45) is 0 Å². The summed E-state index contributed by atoms with van der Waals surface area (Å²) >= 11 is 3.17. The Bertz CT molecular complexity index is 497. The third-order valence-electron chi connectivity index (χ3n) is 1.97. The molecule has 0 saturated carbocycles. The average molecular weight is 267 g/mol. The van der Waals surface area contributed by atoms with Gasteiger partial charge in [-0.2, -0.15) is 0 Å². The molecule has 2 rings (SSSR count). The zero-order valence-electron chi connectivity index (χ0n) is 9.84. The van der Waals surface area contributed by atoms with Crippen molar-refractivity contribution in [3.63, 3.8) is 0 Å². The van der Waals surface area contributed by atoms with Gasteiger partial charge in [-0.3, -0.25) is 0 Å². The number of nitrogens with one attached hydrogen (secondary N) is 1. The summed E-state index contributed by atoms with van der Waals surface area (Å²) in [5.74, 6) is 0.854. The van der Waals surface area contributed by atoms with Gasteiger partial charge in [-0.15, -0.1) is 10.2 Å². The molecule has 0 aliphatic heterocycles. The summed E-state index contributed by atoms with van der Waals surface area (Å²) in [6.45, 7) is 0. The number of anilines is 2. The average Bonchev–Trinajstić information content (AvgIpc) is 2.78. The second-order valence-corrected chi connectivity index (χ2v) is 5.75. The van der Waals surface area contributed by atoms with Gasteiger partial charge in [0.2, 0.25) is 5.13 Å². The molecule has 1 N–H and O–H groups in total. The van der Waals surface area contributed by atoms with Gasteiger partial charge < -0.3 is 10.2 Å². The minimum Gasteiger partial charge on any atom is -0.373 e. The number of aromatic nitrogens is 3. The Morgan fingerprint density at radius 2 is 2.18 bits per heavy atom. The number of pyridine rings is 1. The molecule has 0 saturated heterocycles. The van der Waals surface area contributed by atoms with Crippen molar-refractivity contribution in [2.45, 2.75) is 9.24 Å². The molecular formula is C10H13N5S2. The normalized spacial score (nSPS) is 10.3. The van der Waals surface area contributed by atoms with Crippen molar-refractivity contribution in [3.8, 4) is 0 Å². The first-order valence-corrected chi connectivity index (χ1v) is 6.65. The Hall–Kier alpha value is -1.34. The van der Waals surface area contributed by atoms with E-state index in [9.17, 15) is 0 Å². The summed E-state index contributed by atoms with van der Waals surface area (Å²) in [5, 5.41) is 12.2. The van der Waals surface area contributed by atoms with E-state index in [1.165, 1.54) is 0 Å². The summed E-state index contributed by atoms with van der Waals surface area (Å²) < 4.78 is 0.932. The lowest BCUT2D eigenvalue weighted by Gasteiger charge is -2.04. The maximum absolute atomic E-state index is 4.17. The van der Waals surface area contributed by atoms with Gasteiger partial charge in [0.05, 0.1) is 0 Å². The van der Waals surface area contributed by atoms with Gasteiger partial charge in [-0.05, 0) is 12.1 Å². The van der Waals surface area contributed by atoms with Crippen LogP contribution in [0.5, 0.6) is 0 Å². The van der Waals surface area contributed by atoms with E-state index >= 15 is 0 Å². The van der Waals surface area contributed by atoms with Crippen LogP contribution in [0.25, 0.3) is 0 Å². The van der Waals surface area contributed by atoms with Gasteiger partial charge in [0.15, 0.2) is 4.34 Å². The molecule has 0 radical (unpaired) electrons. The highest BCUT2D eigenvalue weighted by atomic mass is 32.2. The lowest BCUT2D eigenvalue weighted by molar-refractivity contribution is 0.972. The Morgan fingerprint density at radius 1 is 1.35 bits per heavy atom. The monoisotopic (exact) mass is 267 g/mol. The Labute approximate surface area is 108 Å². The van der Waals surface area contributed by atoms with Crippen LogP contribution in [-0.2, 0) is 0 Å². The fraction of sp³-hybridized carbons (Fsp3) is 0.300. The van der Waals surface area contributed by atoms with Gasteiger partial charge in [0.1, 0.15) is 5.82 Å². The second kappa shape index (κ2) is 5.33. The van der Waals surface area contributed by atoms with Crippen molar-refractivity contribution in [1.82, 2.24) is 15.2 Å². The summed E-state index contributed by atoms with van der Waals surface area (Å²) in [4.78, 5) is 7.22. The molecule has 0 bridgehead atoms. The molecule has 5 nitrogen and oxygen atoms in total. The highest BCUT2D eigenvalue weighted by Gasteiger charge is 2.07. The highest BCUT2D eigenvalue weighted by Crippen LogP contribution is 2.33. The first-order chi connectivity index (χ1) is 8.19. The molecule has 0 fully saturated rings. The molecule has 0 spiro atoms. The molecule has 2 aromatic heterocycles. The van der Waals surface area contributed by atoms with E-state index in [-0.39, 0.29) is 0 Å². The zero-order valence-corrected chi connectivity index (χ0v) is 11.5. The Morgan fingerprint density at radius 3 is 2.82 bits per heavy atom. The van der Waals surface area contributed by atoms with E-state index in [2.05, 4.69) is 20.5 Å². The number of hydrogen-bond donors (Lipinski definition) is 1. The van der Waals surface area contributed by atoms with E-state index in [0.717, 1.165) is 20.2 Å². The van der Waals surface area contributed by atoms with Gasteiger partial charge in [0, 0.05) is 32.2 Å². The topological polar surface area (TPSA) is 53.9 Å². The SMILES string of the molecule is CNc1cc(Sc2nnc(N(C)C)s2)ccn1.